The van der Waals surface area contributed by atoms with Crippen LogP contribution in [0.1, 0.15) is 31.7 Å². The van der Waals surface area contributed by atoms with Gasteiger partial charge in [-0.1, -0.05) is 12.1 Å². The van der Waals surface area contributed by atoms with E-state index in [1.165, 1.54) is 24.8 Å². The Bertz CT molecular complexity index is 643. The molecule has 0 aromatic heterocycles. The van der Waals surface area contributed by atoms with Crippen molar-refractivity contribution in [1.29, 1.82) is 0 Å². The first kappa shape index (κ1) is 25.5. The van der Waals surface area contributed by atoms with E-state index in [1.807, 2.05) is 17.8 Å². The summed E-state index contributed by atoms with van der Waals surface area (Å²) in [6.07, 6.45) is 5.95. The van der Waals surface area contributed by atoms with Crippen LogP contribution in [0.25, 0.3) is 0 Å². The van der Waals surface area contributed by atoms with Gasteiger partial charge in [0.15, 0.2) is 5.96 Å². The van der Waals surface area contributed by atoms with E-state index < -0.39 is 0 Å². The highest BCUT2D eigenvalue weighted by atomic mass is 127. The molecule has 6 nitrogen and oxygen atoms in total. The average Bonchev–Trinajstić information content (AvgIpc) is 3.21. The highest BCUT2D eigenvalue weighted by Gasteiger charge is 2.24. The van der Waals surface area contributed by atoms with Gasteiger partial charge < -0.3 is 20.1 Å². The molecule has 1 aliphatic heterocycles. The molecule has 0 radical (unpaired) electrons. The maximum atomic E-state index is 5.97. The third-order valence-electron chi connectivity index (χ3n) is 5.50. The normalized spacial score (nSPS) is 22.4. The van der Waals surface area contributed by atoms with Gasteiger partial charge in [-0.05, 0) is 50.1 Å². The van der Waals surface area contributed by atoms with E-state index in [1.54, 1.807) is 0 Å². The molecule has 0 spiro atoms. The van der Waals surface area contributed by atoms with E-state index in [9.17, 15) is 0 Å². The van der Waals surface area contributed by atoms with Crippen LogP contribution < -0.4 is 15.4 Å². The van der Waals surface area contributed by atoms with Gasteiger partial charge in [0.05, 0.1) is 19.8 Å². The Hall–Kier alpha value is -0.710. The van der Waals surface area contributed by atoms with Crippen LogP contribution in [0.5, 0.6) is 5.75 Å². The number of guanidine groups is 1. The summed E-state index contributed by atoms with van der Waals surface area (Å²) < 4.78 is 11.4. The van der Waals surface area contributed by atoms with Gasteiger partial charge in [0.25, 0.3) is 0 Å². The maximum absolute atomic E-state index is 5.97. The van der Waals surface area contributed by atoms with Crippen molar-refractivity contribution in [2.24, 2.45) is 4.99 Å². The lowest BCUT2D eigenvalue weighted by Gasteiger charge is -2.26. The second-order valence-electron chi connectivity index (χ2n) is 7.66. The van der Waals surface area contributed by atoms with Gasteiger partial charge in [0, 0.05) is 37.5 Å². The van der Waals surface area contributed by atoms with Gasteiger partial charge in [-0.25, -0.2) is 4.99 Å². The van der Waals surface area contributed by atoms with Crippen LogP contribution >= 0.6 is 35.7 Å². The van der Waals surface area contributed by atoms with E-state index in [0.29, 0.717) is 19.2 Å². The zero-order valence-electron chi connectivity index (χ0n) is 18.3. The molecule has 0 bridgehead atoms. The molecule has 170 valence electrons. The highest BCUT2D eigenvalue weighted by Crippen LogP contribution is 2.28. The standard InChI is InChI=1S/C22H36N4O2S.HI/c1-3-23-22(25-19-7-8-21(16-19)29-2)24-17-18-5-4-6-20(15-18)28-14-11-26-9-12-27-13-10-26;/h4-6,15,19,21H,3,7-14,16-17H2,1-2H3,(H2,23,24,25);1H. The molecular formula is C22H37IN4O2S. The second kappa shape index (κ2) is 14.4. The fourth-order valence-electron chi connectivity index (χ4n) is 3.82. The molecule has 1 saturated carbocycles. The average molecular weight is 549 g/mol. The lowest BCUT2D eigenvalue weighted by atomic mass is 10.2. The van der Waals surface area contributed by atoms with Gasteiger partial charge in [-0.3, -0.25) is 4.90 Å². The van der Waals surface area contributed by atoms with Crippen molar-refractivity contribution < 1.29 is 9.47 Å². The van der Waals surface area contributed by atoms with E-state index in [2.05, 4.69) is 46.9 Å². The van der Waals surface area contributed by atoms with E-state index in [4.69, 9.17) is 14.5 Å². The molecule has 1 saturated heterocycles. The van der Waals surface area contributed by atoms with Crippen LogP contribution in [0.4, 0.5) is 0 Å². The van der Waals surface area contributed by atoms with Crippen LogP contribution in [-0.2, 0) is 11.3 Å². The lowest BCUT2D eigenvalue weighted by Crippen LogP contribution is -2.42. The molecule has 2 unspecified atom stereocenters. The van der Waals surface area contributed by atoms with Crippen molar-refractivity contribution in [2.45, 2.75) is 44.0 Å². The van der Waals surface area contributed by atoms with Gasteiger partial charge >= 0.3 is 0 Å². The minimum atomic E-state index is 0. The molecule has 0 amide bonds. The van der Waals surface area contributed by atoms with E-state index in [-0.39, 0.29) is 24.0 Å². The molecule has 30 heavy (non-hydrogen) atoms. The summed E-state index contributed by atoms with van der Waals surface area (Å²) in [5.74, 6) is 1.83. The summed E-state index contributed by atoms with van der Waals surface area (Å²) in [6.45, 7) is 8.92. The summed E-state index contributed by atoms with van der Waals surface area (Å²) >= 11 is 1.98. The molecule has 1 heterocycles. The zero-order valence-corrected chi connectivity index (χ0v) is 21.4. The summed E-state index contributed by atoms with van der Waals surface area (Å²) in [4.78, 5) is 7.19. The van der Waals surface area contributed by atoms with Crippen LogP contribution in [0, 0.1) is 0 Å². The van der Waals surface area contributed by atoms with Crippen LogP contribution in [-0.4, -0.2) is 74.4 Å². The Morgan fingerprint density at radius 1 is 1.30 bits per heavy atom. The third-order valence-corrected chi connectivity index (χ3v) is 6.60. The fraction of sp³-hybridized carbons (Fsp3) is 0.682. The lowest BCUT2D eigenvalue weighted by molar-refractivity contribution is 0.0322. The molecule has 1 aromatic rings. The van der Waals surface area contributed by atoms with Crippen molar-refractivity contribution in [2.75, 3.05) is 52.3 Å². The number of halogens is 1. The number of benzene rings is 1. The molecule has 3 rings (SSSR count). The SMILES string of the molecule is CCNC(=NCc1cccc(OCCN2CCOCC2)c1)NC1CCC(SC)C1.I. The number of hydrogen-bond donors (Lipinski definition) is 2. The largest absolute Gasteiger partial charge is 0.492 e. The first-order chi connectivity index (χ1) is 14.3. The Kier molecular flexibility index (Phi) is 12.2. The summed E-state index contributed by atoms with van der Waals surface area (Å²) in [6, 6.07) is 8.82. The first-order valence-electron chi connectivity index (χ1n) is 10.9. The third kappa shape index (κ3) is 8.80. The smallest absolute Gasteiger partial charge is 0.191 e. The van der Waals surface area contributed by atoms with E-state index >= 15 is 0 Å². The molecule has 2 N–H and O–H groups in total. The number of ether oxygens (including phenoxy) is 2. The molecule has 2 fully saturated rings. The number of thioether (sulfide) groups is 1. The predicted octanol–water partition coefficient (Wildman–Crippen LogP) is 3.35. The summed E-state index contributed by atoms with van der Waals surface area (Å²) in [5, 5.41) is 7.78. The van der Waals surface area contributed by atoms with Crippen molar-refractivity contribution in [3.63, 3.8) is 0 Å². The highest BCUT2D eigenvalue weighted by molar-refractivity contribution is 14.0. The molecule has 1 aliphatic carbocycles. The minimum Gasteiger partial charge on any atom is -0.492 e. The molecule has 2 atom stereocenters. The predicted molar refractivity (Wildman–Crippen MR) is 138 cm³/mol. The number of hydrogen-bond acceptors (Lipinski definition) is 5. The zero-order chi connectivity index (χ0) is 20.3. The summed E-state index contributed by atoms with van der Waals surface area (Å²) in [5.41, 5.74) is 1.17. The summed E-state index contributed by atoms with van der Waals surface area (Å²) in [7, 11) is 0. The van der Waals surface area contributed by atoms with Gasteiger partial charge in [0.1, 0.15) is 12.4 Å². The van der Waals surface area contributed by atoms with E-state index in [0.717, 1.165) is 56.4 Å². The number of rotatable bonds is 9. The fourth-order valence-corrected chi connectivity index (χ4v) is 4.62. The topological polar surface area (TPSA) is 58.1 Å². The van der Waals surface area contributed by atoms with Crippen molar-refractivity contribution in [3.05, 3.63) is 29.8 Å². The number of aliphatic imine (C=N–C) groups is 1. The molecule has 8 heteroatoms. The quantitative estimate of drug-likeness (QED) is 0.281. The number of nitrogens with one attached hydrogen (secondary N) is 2. The van der Waals surface area contributed by atoms with Gasteiger partial charge in [-0.15, -0.1) is 24.0 Å². The second-order valence-corrected chi connectivity index (χ2v) is 8.80. The van der Waals surface area contributed by atoms with Crippen LogP contribution in [0.3, 0.4) is 0 Å². The maximum Gasteiger partial charge on any atom is 0.191 e. The van der Waals surface area contributed by atoms with Gasteiger partial charge in [0.2, 0.25) is 0 Å². The van der Waals surface area contributed by atoms with Crippen LogP contribution in [0.2, 0.25) is 0 Å². The minimum absolute atomic E-state index is 0. The van der Waals surface area contributed by atoms with Crippen molar-refractivity contribution >= 4 is 41.7 Å². The Morgan fingerprint density at radius 3 is 2.87 bits per heavy atom. The Balaban J connectivity index is 0.00000320. The van der Waals surface area contributed by atoms with Crippen LogP contribution in [0.15, 0.2) is 29.3 Å². The molecule has 1 aromatic carbocycles. The Morgan fingerprint density at radius 2 is 2.13 bits per heavy atom. The number of nitrogens with zero attached hydrogens (tertiary/aromatic N) is 2. The Labute approximate surface area is 203 Å². The van der Waals surface area contributed by atoms with Crippen molar-refractivity contribution in [1.82, 2.24) is 15.5 Å². The first-order valence-corrected chi connectivity index (χ1v) is 12.1. The van der Waals surface area contributed by atoms with Crippen molar-refractivity contribution in [3.8, 4) is 5.75 Å². The molecular weight excluding hydrogens is 511 g/mol. The van der Waals surface area contributed by atoms with Gasteiger partial charge in [-0.2, -0.15) is 11.8 Å². The molecule has 2 aliphatic rings. The monoisotopic (exact) mass is 548 g/mol. The number of morpholine rings is 1.